The molecule has 0 fully saturated rings. The zero-order chi connectivity index (χ0) is 24.9. The topological polar surface area (TPSA) is 80.7 Å². The van der Waals surface area contributed by atoms with E-state index in [4.69, 9.17) is 4.74 Å². The minimum Gasteiger partial charge on any atom is -0.478 e. The summed E-state index contributed by atoms with van der Waals surface area (Å²) in [7, 11) is -3.44. The summed E-state index contributed by atoms with van der Waals surface area (Å²) in [6.07, 6.45) is 8.30. The predicted molar refractivity (Wildman–Crippen MR) is 142 cm³/mol. The Labute approximate surface area is 207 Å². The number of carbonyl (C=O) groups excluding carboxylic acids is 1. The lowest BCUT2D eigenvalue weighted by Crippen LogP contribution is -2.26. The van der Waals surface area contributed by atoms with Crippen LogP contribution in [0.5, 0.6) is 5.75 Å². The zero-order valence-corrected chi connectivity index (χ0v) is 20.1. The molecule has 0 spiro atoms. The number of carboxylic acid groups (broad SMARTS) is 1. The fourth-order valence-electron chi connectivity index (χ4n) is 5.31. The van der Waals surface area contributed by atoms with Crippen LogP contribution in [-0.2, 0) is 15.8 Å². The van der Waals surface area contributed by atoms with E-state index in [0.29, 0.717) is 28.1 Å². The number of hydrogen-bond acceptors (Lipinski definition) is 4. The highest BCUT2D eigenvalue weighted by molar-refractivity contribution is 7.85. The lowest BCUT2D eigenvalue weighted by Gasteiger charge is -2.27. The number of carbonyl (C=O) groups is 2. The third-order valence-corrected chi connectivity index (χ3v) is 10.1. The van der Waals surface area contributed by atoms with Crippen LogP contribution in [0.25, 0.3) is 22.4 Å². The van der Waals surface area contributed by atoms with Crippen LogP contribution >= 0.6 is 7.14 Å². The van der Waals surface area contributed by atoms with Gasteiger partial charge in [0.25, 0.3) is 6.47 Å². The summed E-state index contributed by atoms with van der Waals surface area (Å²) in [6.45, 7) is 0.354. The van der Waals surface area contributed by atoms with Gasteiger partial charge < -0.3 is 14.4 Å². The summed E-state index contributed by atoms with van der Waals surface area (Å²) in [5.41, 5.74) is 4.99. The Balaban J connectivity index is 1.64. The molecule has 4 aromatic rings. The quantitative estimate of drug-likeness (QED) is 0.300. The molecule has 4 aromatic carbocycles. The normalized spacial score (nSPS) is 15.2. The smallest absolute Gasteiger partial charge is 0.335 e. The van der Waals surface area contributed by atoms with Gasteiger partial charge in [-0.05, 0) is 88.3 Å². The van der Waals surface area contributed by atoms with Crippen LogP contribution < -0.4 is 20.7 Å². The highest BCUT2D eigenvalue weighted by atomic mass is 31.2. The average Bonchev–Trinajstić information content (AvgIpc) is 2.92. The fraction of sp³-hybridized carbons (Fsp3) is 0.0667. The van der Waals surface area contributed by atoms with Crippen molar-refractivity contribution in [2.24, 2.45) is 0 Å². The van der Waals surface area contributed by atoms with E-state index < -0.39 is 13.1 Å². The summed E-state index contributed by atoms with van der Waals surface area (Å²) in [5.74, 6) is -0.686. The number of benzene rings is 4. The number of ether oxygens (including phenoxy) is 1. The molecule has 2 aliphatic rings. The van der Waals surface area contributed by atoms with E-state index in [9.17, 15) is 14.7 Å². The molecular formula is C30H21O5P. The van der Waals surface area contributed by atoms with Crippen LogP contribution in [0, 0.1) is 0 Å². The monoisotopic (exact) mass is 492 g/mol. The van der Waals surface area contributed by atoms with Crippen molar-refractivity contribution in [3.63, 3.8) is 0 Å². The van der Waals surface area contributed by atoms with Crippen LogP contribution in [-0.4, -0.2) is 17.5 Å². The van der Waals surface area contributed by atoms with E-state index in [1.165, 1.54) is 28.8 Å². The summed E-state index contributed by atoms with van der Waals surface area (Å²) >= 11 is 0. The minimum atomic E-state index is -3.44. The predicted octanol–water partition coefficient (Wildman–Crippen LogP) is 5.07. The van der Waals surface area contributed by atoms with Crippen molar-refractivity contribution >= 4 is 57.9 Å². The molecule has 6 rings (SSSR count). The first-order valence-corrected chi connectivity index (χ1v) is 13.3. The van der Waals surface area contributed by atoms with Gasteiger partial charge in [-0.1, -0.05) is 48.6 Å². The molecule has 0 saturated carbocycles. The third kappa shape index (κ3) is 3.35. The maximum Gasteiger partial charge on any atom is 0.335 e. The van der Waals surface area contributed by atoms with Crippen molar-refractivity contribution in [2.45, 2.75) is 12.8 Å². The molecule has 0 saturated heterocycles. The van der Waals surface area contributed by atoms with Crippen molar-refractivity contribution in [2.75, 3.05) is 0 Å². The maximum atomic E-state index is 15.3. The van der Waals surface area contributed by atoms with E-state index in [2.05, 4.69) is 30.4 Å². The Morgan fingerprint density at radius 3 is 2.31 bits per heavy atom. The second-order valence-corrected chi connectivity index (χ2v) is 11.6. The molecule has 0 radical (unpaired) electrons. The van der Waals surface area contributed by atoms with Gasteiger partial charge in [-0.2, -0.15) is 0 Å². The average molecular weight is 492 g/mol. The number of carboxylic acids is 1. The summed E-state index contributed by atoms with van der Waals surface area (Å²) in [4.78, 5) is 22.2. The van der Waals surface area contributed by atoms with E-state index >= 15 is 4.57 Å². The van der Waals surface area contributed by atoms with Crippen LogP contribution in [0.3, 0.4) is 0 Å². The molecule has 5 nitrogen and oxygen atoms in total. The number of aromatic carboxylic acids is 1. The highest BCUT2D eigenvalue weighted by Gasteiger charge is 2.33. The molecule has 0 aliphatic heterocycles. The first-order chi connectivity index (χ1) is 17.5. The van der Waals surface area contributed by atoms with Gasteiger partial charge in [0.1, 0.15) is 5.75 Å². The van der Waals surface area contributed by atoms with Gasteiger partial charge in [-0.3, -0.25) is 4.79 Å². The molecule has 176 valence electrons. The van der Waals surface area contributed by atoms with Gasteiger partial charge in [0.2, 0.25) is 0 Å². The Hall–Kier alpha value is -4.21. The Morgan fingerprint density at radius 1 is 0.889 bits per heavy atom. The minimum absolute atomic E-state index is 0.130. The van der Waals surface area contributed by atoms with Crippen molar-refractivity contribution < 1.29 is 24.0 Å². The van der Waals surface area contributed by atoms with Crippen molar-refractivity contribution in [1.82, 2.24) is 0 Å². The highest BCUT2D eigenvalue weighted by Crippen LogP contribution is 2.47. The molecule has 0 aromatic heterocycles. The largest absolute Gasteiger partial charge is 0.478 e. The zero-order valence-electron chi connectivity index (χ0n) is 19.2. The fourth-order valence-corrected chi connectivity index (χ4v) is 8.12. The number of rotatable bonds is 6. The molecule has 0 bridgehead atoms. The molecule has 1 atom stereocenters. The van der Waals surface area contributed by atoms with Crippen LogP contribution in [0.4, 0.5) is 0 Å². The molecule has 0 heterocycles. The van der Waals surface area contributed by atoms with Gasteiger partial charge >= 0.3 is 5.97 Å². The Kier molecular flexibility index (Phi) is 5.24. The van der Waals surface area contributed by atoms with E-state index in [0.717, 1.165) is 29.2 Å². The SMILES string of the molecule is O=COc1ccc(P(=O)(c2ccc(C(=O)O)cc2)c2ccc3c4c5c(ccc24)C=CCC5=CC3)cc1. The van der Waals surface area contributed by atoms with Gasteiger partial charge in [-0.25, -0.2) is 4.79 Å². The lowest BCUT2D eigenvalue weighted by atomic mass is 9.81. The van der Waals surface area contributed by atoms with Gasteiger partial charge in [0.15, 0.2) is 7.14 Å². The Bertz CT molecular complexity index is 1660. The lowest BCUT2D eigenvalue weighted by molar-refractivity contribution is -0.120. The van der Waals surface area contributed by atoms with Crippen LogP contribution in [0.1, 0.15) is 33.5 Å². The summed E-state index contributed by atoms with van der Waals surface area (Å²) in [5, 5.41) is 13.3. The molecule has 2 aliphatic carbocycles. The first kappa shape index (κ1) is 22.3. The van der Waals surface area contributed by atoms with Crippen molar-refractivity contribution in [3.05, 3.63) is 107 Å². The maximum absolute atomic E-state index is 15.3. The second kappa shape index (κ2) is 8.47. The number of allylic oxidation sites excluding steroid dienone is 3. The van der Waals surface area contributed by atoms with Gasteiger partial charge in [0, 0.05) is 15.9 Å². The van der Waals surface area contributed by atoms with E-state index in [1.54, 1.807) is 36.4 Å². The van der Waals surface area contributed by atoms with Crippen LogP contribution in [0.15, 0.2) is 84.9 Å². The molecule has 6 heteroatoms. The van der Waals surface area contributed by atoms with Gasteiger partial charge in [0.05, 0.1) is 5.56 Å². The molecular weight excluding hydrogens is 471 g/mol. The number of hydrogen-bond donors (Lipinski definition) is 1. The van der Waals surface area contributed by atoms with Crippen LogP contribution in [0.2, 0.25) is 0 Å². The Morgan fingerprint density at radius 2 is 1.61 bits per heavy atom. The first-order valence-electron chi connectivity index (χ1n) is 11.6. The van der Waals surface area contributed by atoms with E-state index in [1.807, 2.05) is 12.1 Å². The van der Waals surface area contributed by atoms with Crippen molar-refractivity contribution in [1.29, 1.82) is 0 Å². The molecule has 1 unspecified atom stereocenters. The third-order valence-electron chi connectivity index (χ3n) is 7.00. The molecule has 0 amide bonds. The molecule has 36 heavy (non-hydrogen) atoms. The standard InChI is InChI=1S/C30H21O5P/c31-18-35-23-10-14-25(15-11-23)36(34,24-12-6-22(7-13-24)30(32)33)27-17-9-21-5-4-19-2-1-3-20-8-16-26(27)29(21)28(19)20/h1,3-4,6-18H,2,5H2,(H,32,33). The summed E-state index contributed by atoms with van der Waals surface area (Å²) in [6, 6.07) is 21.1. The second-order valence-electron chi connectivity index (χ2n) is 8.91. The van der Waals surface area contributed by atoms with E-state index in [-0.39, 0.29) is 5.56 Å². The van der Waals surface area contributed by atoms with Crippen molar-refractivity contribution in [3.8, 4) is 5.75 Å². The summed E-state index contributed by atoms with van der Waals surface area (Å²) < 4.78 is 20.2. The van der Waals surface area contributed by atoms with Gasteiger partial charge in [-0.15, -0.1) is 0 Å². The molecule has 1 N–H and O–H groups in total.